The van der Waals surface area contributed by atoms with Gasteiger partial charge in [0.05, 0.1) is 10.7 Å². The summed E-state index contributed by atoms with van der Waals surface area (Å²) in [4.78, 5) is 11.2. The molecule has 0 radical (unpaired) electrons. The molecule has 0 bridgehead atoms. The first-order chi connectivity index (χ1) is 8.58. The number of nitrogens with one attached hydrogen (secondary N) is 1. The Morgan fingerprint density at radius 2 is 2.22 bits per heavy atom. The van der Waals surface area contributed by atoms with Gasteiger partial charge in [-0.3, -0.25) is 0 Å². The Labute approximate surface area is 112 Å². The fraction of sp³-hybridized carbons (Fsp3) is 0.500. The van der Waals surface area contributed by atoms with Gasteiger partial charge < -0.3 is 10.4 Å². The van der Waals surface area contributed by atoms with Crippen molar-refractivity contribution in [2.45, 2.75) is 32.6 Å². The van der Waals surface area contributed by atoms with Gasteiger partial charge in [-0.05, 0) is 36.8 Å². The molecule has 0 saturated heterocycles. The van der Waals surface area contributed by atoms with E-state index in [1.165, 1.54) is 19.3 Å². The number of carboxylic acids is 1. The molecule has 98 valence electrons. The van der Waals surface area contributed by atoms with Crippen LogP contribution in [0.2, 0.25) is 5.02 Å². The molecule has 4 heteroatoms. The van der Waals surface area contributed by atoms with Crippen molar-refractivity contribution in [3.63, 3.8) is 0 Å². The molecule has 1 aromatic rings. The summed E-state index contributed by atoms with van der Waals surface area (Å²) >= 11 is 5.94. The lowest BCUT2D eigenvalue weighted by Gasteiger charge is -2.41. The molecule has 0 unspecified atom stereocenters. The largest absolute Gasteiger partial charge is 0.478 e. The van der Waals surface area contributed by atoms with Gasteiger partial charge in [-0.15, -0.1) is 0 Å². The van der Waals surface area contributed by atoms with Crippen LogP contribution in [0.25, 0.3) is 0 Å². The quantitative estimate of drug-likeness (QED) is 0.847. The number of aromatic carboxylic acids is 1. The molecule has 0 aromatic heterocycles. The Morgan fingerprint density at radius 3 is 2.72 bits per heavy atom. The van der Waals surface area contributed by atoms with Crippen LogP contribution in [0.3, 0.4) is 0 Å². The van der Waals surface area contributed by atoms with E-state index in [0.29, 0.717) is 11.1 Å². The van der Waals surface area contributed by atoms with E-state index in [1.54, 1.807) is 18.2 Å². The Balaban J connectivity index is 2.14. The predicted octanol–water partition coefficient (Wildman–Crippen LogP) is 4.03. The summed E-state index contributed by atoms with van der Waals surface area (Å²) in [6.07, 6.45) is 4.85. The summed E-state index contributed by atoms with van der Waals surface area (Å²) in [6, 6.07) is 5.16. The minimum absolute atomic E-state index is 0.171. The third-order valence-corrected chi connectivity index (χ3v) is 4.36. The third-order valence-electron chi connectivity index (χ3n) is 4.05. The lowest BCUT2D eigenvalue weighted by molar-refractivity contribution is 0.0698. The minimum atomic E-state index is -0.984. The monoisotopic (exact) mass is 267 g/mol. The van der Waals surface area contributed by atoms with Gasteiger partial charge in [-0.2, -0.15) is 0 Å². The van der Waals surface area contributed by atoms with Gasteiger partial charge in [0.15, 0.2) is 0 Å². The van der Waals surface area contributed by atoms with Crippen molar-refractivity contribution in [2.24, 2.45) is 5.41 Å². The number of halogens is 1. The third kappa shape index (κ3) is 2.46. The van der Waals surface area contributed by atoms with Crippen LogP contribution in [0.1, 0.15) is 43.0 Å². The topological polar surface area (TPSA) is 49.3 Å². The molecule has 1 saturated carbocycles. The molecule has 0 aliphatic heterocycles. The van der Waals surface area contributed by atoms with Crippen molar-refractivity contribution < 1.29 is 9.90 Å². The maximum atomic E-state index is 11.2. The molecule has 1 aliphatic rings. The van der Waals surface area contributed by atoms with Gasteiger partial charge in [0, 0.05) is 6.54 Å². The highest BCUT2D eigenvalue weighted by Crippen LogP contribution is 2.44. The smallest absolute Gasteiger partial charge is 0.339 e. The summed E-state index contributed by atoms with van der Waals surface area (Å²) < 4.78 is 0. The van der Waals surface area contributed by atoms with Gasteiger partial charge >= 0.3 is 5.97 Å². The van der Waals surface area contributed by atoms with Crippen LogP contribution in [-0.4, -0.2) is 17.6 Å². The maximum Gasteiger partial charge on any atom is 0.339 e. The number of rotatable bonds is 5. The van der Waals surface area contributed by atoms with Crippen molar-refractivity contribution in [1.29, 1.82) is 0 Å². The van der Waals surface area contributed by atoms with E-state index in [-0.39, 0.29) is 10.6 Å². The number of benzene rings is 1. The Hall–Kier alpha value is -1.22. The van der Waals surface area contributed by atoms with E-state index >= 15 is 0 Å². The number of anilines is 1. The molecule has 1 aliphatic carbocycles. The molecule has 0 atom stereocenters. The van der Waals surface area contributed by atoms with E-state index in [9.17, 15) is 9.90 Å². The first kappa shape index (κ1) is 13.2. The zero-order chi connectivity index (χ0) is 13.2. The highest BCUT2D eigenvalue weighted by atomic mass is 35.5. The molecule has 2 rings (SSSR count). The molecule has 2 N–H and O–H groups in total. The molecular weight excluding hydrogens is 250 g/mol. The van der Waals surface area contributed by atoms with Crippen LogP contribution in [0.5, 0.6) is 0 Å². The molecule has 3 nitrogen and oxygen atoms in total. The molecule has 18 heavy (non-hydrogen) atoms. The zero-order valence-electron chi connectivity index (χ0n) is 10.5. The fourth-order valence-electron chi connectivity index (χ4n) is 2.50. The van der Waals surface area contributed by atoms with Crippen LogP contribution in [0.15, 0.2) is 18.2 Å². The second-order valence-corrected chi connectivity index (χ2v) is 5.44. The lowest BCUT2D eigenvalue weighted by atomic mass is 9.67. The highest BCUT2D eigenvalue weighted by molar-refractivity contribution is 6.34. The normalized spacial score (nSPS) is 17.0. The summed E-state index contributed by atoms with van der Waals surface area (Å²) in [7, 11) is 0. The van der Waals surface area contributed by atoms with E-state index in [0.717, 1.165) is 13.0 Å². The van der Waals surface area contributed by atoms with E-state index in [2.05, 4.69) is 12.2 Å². The van der Waals surface area contributed by atoms with Gasteiger partial charge in [0.1, 0.15) is 5.56 Å². The lowest BCUT2D eigenvalue weighted by Crippen LogP contribution is -2.36. The summed E-state index contributed by atoms with van der Waals surface area (Å²) in [6.45, 7) is 3.01. The fourth-order valence-corrected chi connectivity index (χ4v) is 2.76. The first-order valence-electron chi connectivity index (χ1n) is 6.34. The minimum Gasteiger partial charge on any atom is -0.478 e. The van der Waals surface area contributed by atoms with Crippen LogP contribution in [-0.2, 0) is 0 Å². The number of hydrogen-bond donors (Lipinski definition) is 2. The average molecular weight is 268 g/mol. The van der Waals surface area contributed by atoms with Crippen LogP contribution in [0.4, 0.5) is 5.69 Å². The van der Waals surface area contributed by atoms with Crippen molar-refractivity contribution in [3.8, 4) is 0 Å². The van der Waals surface area contributed by atoms with E-state index in [1.807, 2.05) is 0 Å². The van der Waals surface area contributed by atoms with Gasteiger partial charge in [0.25, 0.3) is 0 Å². The Bertz CT molecular complexity index is 450. The first-order valence-corrected chi connectivity index (χ1v) is 6.71. The van der Waals surface area contributed by atoms with Gasteiger partial charge in [0.2, 0.25) is 0 Å². The molecule has 0 amide bonds. The summed E-state index contributed by atoms with van der Waals surface area (Å²) in [5.74, 6) is -0.984. The van der Waals surface area contributed by atoms with Crippen molar-refractivity contribution in [1.82, 2.24) is 0 Å². The molecule has 0 heterocycles. The van der Waals surface area contributed by atoms with E-state index in [4.69, 9.17) is 11.6 Å². The van der Waals surface area contributed by atoms with Crippen molar-refractivity contribution in [2.75, 3.05) is 11.9 Å². The second-order valence-electron chi connectivity index (χ2n) is 5.03. The van der Waals surface area contributed by atoms with Gasteiger partial charge in [-0.1, -0.05) is 31.0 Å². The molecule has 1 aromatic carbocycles. The Kier molecular flexibility index (Phi) is 3.81. The number of carbonyl (C=O) groups is 1. The van der Waals surface area contributed by atoms with Crippen molar-refractivity contribution in [3.05, 3.63) is 28.8 Å². The van der Waals surface area contributed by atoms with Crippen LogP contribution < -0.4 is 5.32 Å². The van der Waals surface area contributed by atoms with Crippen LogP contribution >= 0.6 is 11.6 Å². The van der Waals surface area contributed by atoms with Gasteiger partial charge in [-0.25, -0.2) is 4.79 Å². The molecular formula is C14H18ClNO2. The standard InChI is InChI=1S/C14H18ClNO2/c1-2-14(7-4-8-14)9-16-11-6-3-5-10(15)12(11)13(17)18/h3,5-6,16H,2,4,7-9H2,1H3,(H,17,18). The Morgan fingerprint density at radius 1 is 1.50 bits per heavy atom. The van der Waals surface area contributed by atoms with Crippen LogP contribution in [0, 0.1) is 5.41 Å². The number of hydrogen-bond acceptors (Lipinski definition) is 2. The molecule has 1 fully saturated rings. The SMILES string of the molecule is CCC1(CNc2cccc(Cl)c2C(=O)O)CCC1. The zero-order valence-corrected chi connectivity index (χ0v) is 11.3. The summed E-state index contributed by atoms with van der Waals surface area (Å²) in [5.41, 5.74) is 1.14. The predicted molar refractivity (Wildman–Crippen MR) is 73.5 cm³/mol. The summed E-state index contributed by atoms with van der Waals surface area (Å²) in [5, 5.41) is 12.7. The second kappa shape index (κ2) is 5.19. The molecule has 0 spiro atoms. The highest BCUT2D eigenvalue weighted by Gasteiger charge is 2.34. The number of carboxylic acid groups (broad SMARTS) is 1. The van der Waals surface area contributed by atoms with Crippen molar-refractivity contribution >= 4 is 23.3 Å². The average Bonchev–Trinajstić information content (AvgIpc) is 2.27. The van der Waals surface area contributed by atoms with E-state index < -0.39 is 5.97 Å². The maximum absolute atomic E-state index is 11.2.